The minimum atomic E-state index is 0.473. The highest BCUT2D eigenvalue weighted by Gasteiger charge is 2.63. The molecule has 168 valence electrons. The standard InChI is InChI=1S/C30H48/c1-19(2)20(3)11-12-21(4)27-13-14-28-25(10-9-15-29(27,28)8)17-23(6)30-18-26(30)16-22(5)24(30)7/h11-12,17,19-23,26-28H,7,9-10,13-16,18H2,1-6,8H3. The largest absolute Gasteiger partial charge is 0.0990 e. The monoisotopic (exact) mass is 408 g/mol. The molecule has 0 aliphatic heterocycles. The van der Waals surface area contributed by atoms with Gasteiger partial charge in [0, 0.05) is 5.41 Å². The van der Waals surface area contributed by atoms with Gasteiger partial charge in [0.25, 0.3) is 0 Å². The van der Waals surface area contributed by atoms with Gasteiger partial charge in [-0.3, -0.25) is 0 Å². The summed E-state index contributed by atoms with van der Waals surface area (Å²) in [6.45, 7) is 21.7. The third kappa shape index (κ3) is 3.49. The van der Waals surface area contributed by atoms with Gasteiger partial charge in [-0.25, -0.2) is 0 Å². The number of hydrogen-bond donors (Lipinski definition) is 0. The van der Waals surface area contributed by atoms with Crippen LogP contribution in [0.15, 0.2) is 36.0 Å². The van der Waals surface area contributed by atoms with Crippen molar-refractivity contribution < 1.29 is 0 Å². The minimum Gasteiger partial charge on any atom is -0.0990 e. The molecule has 0 aromatic heterocycles. The van der Waals surface area contributed by atoms with E-state index >= 15 is 0 Å². The number of rotatable bonds is 6. The van der Waals surface area contributed by atoms with E-state index in [1.807, 2.05) is 5.57 Å². The Morgan fingerprint density at radius 3 is 2.43 bits per heavy atom. The van der Waals surface area contributed by atoms with Crippen molar-refractivity contribution in [3.8, 4) is 0 Å². The van der Waals surface area contributed by atoms with E-state index in [1.54, 1.807) is 5.57 Å². The summed E-state index contributed by atoms with van der Waals surface area (Å²) in [6.07, 6.45) is 17.7. The van der Waals surface area contributed by atoms with Crippen LogP contribution in [0.3, 0.4) is 0 Å². The fraction of sp³-hybridized carbons (Fsp3) is 0.800. The van der Waals surface area contributed by atoms with Gasteiger partial charge in [-0.2, -0.15) is 0 Å². The van der Waals surface area contributed by atoms with Crippen molar-refractivity contribution in [3.05, 3.63) is 36.0 Å². The molecule has 0 heterocycles. The summed E-state index contributed by atoms with van der Waals surface area (Å²) < 4.78 is 0. The lowest BCUT2D eigenvalue weighted by molar-refractivity contribution is 0.111. The lowest BCUT2D eigenvalue weighted by Gasteiger charge is -2.44. The predicted octanol–water partition coefficient (Wildman–Crippen LogP) is 8.85. The van der Waals surface area contributed by atoms with E-state index in [1.165, 1.54) is 44.9 Å². The molecule has 4 aliphatic rings. The molecular weight excluding hydrogens is 360 g/mol. The Morgan fingerprint density at radius 2 is 1.80 bits per heavy atom. The average Bonchev–Trinajstić information content (AvgIpc) is 3.21. The van der Waals surface area contributed by atoms with E-state index in [0.717, 1.165) is 29.6 Å². The molecule has 0 aromatic rings. The van der Waals surface area contributed by atoms with Gasteiger partial charge in [-0.05, 0) is 97.7 Å². The first-order valence-corrected chi connectivity index (χ1v) is 13.2. The molecule has 4 saturated carbocycles. The van der Waals surface area contributed by atoms with Crippen molar-refractivity contribution in [2.24, 2.45) is 58.2 Å². The van der Waals surface area contributed by atoms with Crippen LogP contribution in [-0.2, 0) is 0 Å². The molecule has 9 unspecified atom stereocenters. The maximum absolute atomic E-state index is 4.57. The highest BCUT2D eigenvalue weighted by atomic mass is 14.7. The molecule has 4 aliphatic carbocycles. The Labute approximate surface area is 187 Å². The van der Waals surface area contributed by atoms with E-state index in [2.05, 4.69) is 73.3 Å². The third-order valence-corrected chi connectivity index (χ3v) is 10.7. The van der Waals surface area contributed by atoms with Crippen LogP contribution < -0.4 is 0 Å². The highest BCUT2D eigenvalue weighted by Crippen LogP contribution is 2.72. The van der Waals surface area contributed by atoms with Gasteiger partial charge in [-0.1, -0.05) is 84.4 Å². The lowest BCUT2D eigenvalue weighted by atomic mass is 9.60. The van der Waals surface area contributed by atoms with Crippen molar-refractivity contribution in [2.45, 2.75) is 93.4 Å². The van der Waals surface area contributed by atoms with E-state index < -0.39 is 0 Å². The molecule has 4 rings (SSSR count). The quantitative estimate of drug-likeness (QED) is 0.385. The Hall–Kier alpha value is -0.780. The molecule has 0 radical (unpaired) electrons. The lowest BCUT2D eigenvalue weighted by Crippen LogP contribution is -2.36. The molecule has 0 amide bonds. The van der Waals surface area contributed by atoms with E-state index in [4.69, 9.17) is 0 Å². The molecule has 0 nitrogen and oxygen atoms in total. The second-order valence-electron chi connectivity index (χ2n) is 12.6. The Morgan fingerprint density at radius 1 is 1.07 bits per heavy atom. The molecule has 0 saturated heterocycles. The van der Waals surface area contributed by atoms with Crippen LogP contribution in [0.4, 0.5) is 0 Å². The van der Waals surface area contributed by atoms with Gasteiger partial charge in [-0.15, -0.1) is 0 Å². The molecular formula is C30H48. The van der Waals surface area contributed by atoms with Gasteiger partial charge in [0.2, 0.25) is 0 Å². The smallest absolute Gasteiger partial charge is 0.000374 e. The van der Waals surface area contributed by atoms with E-state index in [9.17, 15) is 0 Å². The molecule has 0 aromatic carbocycles. The van der Waals surface area contributed by atoms with E-state index in [0.29, 0.717) is 28.6 Å². The number of fused-ring (bicyclic) bond motifs is 2. The molecule has 0 spiro atoms. The van der Waals surface area contributed by atoms with Crippen LogP contribution in [-0.4, -0.2) is 0 Å². The molecule has 30 heavy (non-hydrogen) atoms. The third-order valence-electron chi connectivity index (χ3n) is 10.7. The van der Waals surface area contributed by atoms with Gasteiger partial charge in [0.05, 0.1) is 0 Å². The summed E-state index contributed by atoms with van der Waals surface area (Å²) in [5.74, 6) is 6.20. The molecule has 0 heteroatoms. The summed E-state index contributed by atoms with van der Waals surface area (Å²) in [7, 11) is 0. The Bertz CT molecular complexity index is 722. The molecule has 0 N–H and O–H groups in total. The van der Waals surface area contributed by atoms with Crippen LogP contribution in [0, 0.1) is 58.2 Å². The van der Waals surface area contributed by atoms with Crippen molar-refractivity contribution in [1.82, 2.24) is 0 Å². The fourth-order valence-corrected chi connectivity index (χ4v) is 8.23. The van der Waals surface area contributed by atoms with Crippen LogP contribution in [0.5, 0.6) is 0 Å². The van der Waals surface area contributed by atoms with Gasteiger partial charge < -0.3 is 0 Å². The summed E-state index contributed by atoms with van der Waals surface area (Å²) in [5.41, 5.74) is 4.40. The second kappa shape index (κ2) is 7.97. The highest BCUT2D eigenvalue weighted by molar-refractivity contribution is 5.35. The Balaban J connectivity index is 1.50. The minimum absolute atomic E-state index is 0.473. The molecule has 0 bridgehead atoms. The van der Waals surface area contributed by atoms with Crippen LogP contribution in [0.25, 0.3) is 0 Å². The summed E-state index contributed by atoms with van der Waals surface area (Å²) in [4.78, 5) is 0. The molecule has 4 fully saturated rings. The van der Waals surface area contributed by atoms with Crippen molar-refractivity contribution in [1.29, 1.82) is 0 Å². The maximum Gasteiger partial charge on any atom is 0.000374 e. The van der Waals surface area contributed by atoms with Crippen LogP contribution in [0.2, 0.25) is 0 Å². The second-order valence-corrected chi connectivity index (χ2v) is 12.6. The first-order chi connectivity index (χ1) is 14.1. The van der Waals surface area contributed by atoms with Gasteiger partial charge >= 0.3 is 0 Å². The average molecular weight is 409 g/mol. The summed E-state index contributed by atoms with van der Waals surface area (Å²) >= 11 is 0. The maximum atomic E-state index is 4.57. The molecule has 9 atom stereocenters. The Kier molecular flexibility index (Phi) is 5.95. The number of hydrogen-bond acceptors (Lipinski definition) is 0. The van der Waals surface area contributed by atoms with Crippen LogP contribution >= 0.6 is 0 Å². The van der Waals surface area contributed by atoms with Gasteiger partial charge in [0.1, 0.15) is 0 Å². The predicted molar refractivity (Wildman–Crippen MR) is 131 cm³/mol. The number of allylic oxidation sites excluding steroid dienone is 5. The van der Waals surface area contributed by atoms with E-state index in [-0.39, 0.29) is 0 Å². The fourth-order valence-electron chi connectivity index (χ4n) is 8.23. The SMILES string of the molecule is C=C1C(C)CC2CC12C(C)C=C1CCCC2(C)C1CCC2C(C)C=CC(C)C(C)C. The van der Waals surface area contributed by atoms with Crippen molar-refractivity contribution >= 4 is 0 Å². The van der Waals surface area contributed by atoms with Gasteiger partial charge in [0.15, 0.2) is 0 Å². The topological polar surface area (TPSA) is 0 Å². The first-order valence-electron chi connectivity index (χ1n) is 13.2. The summed E-state index contributed by atoms with van der Waals surface area (Å²) in [5, 5.41) is 0. The zero-order valence-corrected chi connectivity index (χ0v) is 21.0. The zero-order chi connectivity index (χ0) is 21.8. The van der Waals surface area contributed by atoms with Crippen molar-refractivity contribution in [2.75, 3.05) is 0 Å². The normalized spacial score (nSPS) is 45.1. The van der Waals surface area contributed by atoms with Crippen molar-refractivity contribution in [3.63, 3.8) is 0 Å². The first kappa shape index (κ1) is 22.4. The summed E-state index contributed by atoms with van der Waals surface area (Å²) in [6, 6.07) is 0. The van der Waals surface area contributed by atoms with Crippen LogP contribution in [0.1, 0.15) is 93.4 Å². The zero-order valence-electron chi connectivity index (χ0n) is 21.0.